The van der Waals surface area contributed by atoms with Gasteiger partial charge in [-0.05, 0) is 0 Å². The van der Waals surface area contributed by atoms with Crippen molar-refractivity contribution in [2.24, 2.45) is 0 Å². The summed E-state index contributed by atoms with van der Waals surface area (Å²) in [6.45, 7) is 0. The first-order valence-electron chi connectivity index (χ1n) is 5.33. The van der Waals surface area contributed by atoms with Gasteiger partial charge >= 0.3 is 105 Å². The summed E-state index contributed by atoms with van der Waals surface area (Å²) >= 11 is 0.252. The zero-order chi connectivity index (χ0) is 12.3. The Labute approximate surface area is 105 Å². The van der Waals surface area contributed by atoms with E-state index >= 15 is 0 Å². The quantitative estimate of drug-likeness (QED) is 0.854. The number of nitrogens with zero attached hydrogens (tertiary/aromatic N) is 1. The van der Waals surface area contributed by atoms with Crippen molar-refractivity contribution >= 4 is 30.2 Å². The second-order valence-corrected chi connectivity index (χ2v) is 5.49. The first-order chi connectivity index (χ1) is 8.22. The average Bonchev–Trinajstić information content (AvgIpc) is 2.77. The molecule has 0 aliphatic heterocycles. The van der Waals surface area contributed by atoms with Crippen LogP contribution < -0.4 is 4.74 Å². The summed E-state index contributed by atoms with van der Waals surface area (Å²) in [6, 6.07) is 3.87. The van der Waals surface area contributed by atoms with Gasteiger partial charge in [0.2, 0.25) is 0 Å². The summed E-state index contributed by atoms with van der Waals surface area (Å²) in [7, 11) is 1.64. The van der Waals surface area contributed by atoms with E-state index in [2.05, 4.69) is 4.98 Å². The molecule has 5 heteroatoms. The number of rotatable bonds is 5. The number of aryl methyl sites for hydroxylation is 1. The van der Waals surface area contributed by atoms with Crippen molar-refractivity contribution in [2.75, 3.05) is 7.11 Å². The molecule has 17 heavy (non-hydrogen) atoms. The van der Waals surface area contributed by atoms with E-state index in [1.54, 1.807) is 7.11 Å². The van der Waals surface area contributed by atoms with Crippen molar-refractivity contribution < 1.29 is 14.6 Å². The standard InChI is InChI=1S/C12H13NO3Se/c1-16-10-6-5-9-12(17-7-13-9)8(10)3-2-4-11(14)15/h5-7H,2-4H2,1H3,(H,14,15). The minimum atomic E-state index is -0.752. The summed E-state index contributed by atoms with van der Waals surface area (Å²) in [4.78, 5) is 14.8. The predicted octanol–water partition coefficient (Wildman–Crippen LogP) is 1.71. The zero-order valence-electron chi connectivity index (χ0n) is 9.47. The fourth-order valence-corrected chi connectivity index (χ4v) is 3.61. The number of hydrogen-bond acceptors (Lipinski definition) is 3. The van der Waals surface area contributed by atoms with E-state index in [1.165, 1.54) is 4.26 Å². The van der Waals surface area contributed by atoms with Gasteiger partial charge in [-0.1, -0.05) is 0 Å². The van der Waals surface area contributed by atoms with Gasteiger partial charge in [0, 0.05) is 0 Å². The topological polar surface area (TPSA) is 59.4 Å². The molecule has 0 radical (unpaired) electrons. The predicted molar refractivity (Wildman–Crippen MR) is 65.8 cm³/mol. The maximum absolute atomic E-state index is 10.5. The average molecular weight is 298 g/mol. The number of aliphatic carboxylic acids is 1. The summed E-state index contributed by atoms with van der Waals surface area (Å²) in [5.41, 5.74) is 2.14. The van der Waals surface area contributed by atoms with E-state index in [0.717, 1.165) is 23.3 Å². The molecule has 0 unspecified atom stereocenters. The van der Waals surface area contributed by atoms with E-state index in [0.29, 0.717) is 6.42 Å². The number of benzene rings is 1. The van der Waals surface area contributed by atoms with Crippen LogP contribution in [0.1, 0.15) is 18.4 Å². The van der Waals surface area contributed by atoms with Gasteiger partial charge in [-0.3, -0.25) is 0 Å². The maximum atomic E-state index is 10.5. The van der Waals surface area contributed by atoms with E-state index < -0.39 is 5.97 Å². The Morgan fingerprint density at radius 2 is 2.35 bits per heavy atom. The number of methoxy groups -OCH3 is 1. The number of fused-ring (bicyclic) bond motifs is 1. The van der Waals surface area contributed by atoms with E-state index in [-0.39, 0.29) is 20.9 Å². The molecular formula is C12H13NO3Se. The number of carbonyl (C=O) groups is 1. The first-order valence-corrected chi connectivity index (χ1v) is 7.18. The first kappa shape index (κ1) is 12.1. The third kappa shape index (κ3) is 2.68. The Morgan fingerprint density at radius 3 is 3.06 bits per heavy atom. The Kier molecular flexibility index (Phi) is 3.82. The molecule has 0 atom stereocenters. The van der Waals surface area contributed by atoms with Gasteiger partial charge in [-0.25, -0.2) is 0 Å². The molecule has 4 nitrogen and oxygen atoms in total. The fraction of sp³-hybridized carbons (Fsp3) is 0.333. The van der Waals surface area contributed by atoms with Crippen LogP contribution in [-0.4, -0.2) is 37.7 Å². The Bertz CT molecular complexity index is 536. The molecular weight excluding hydrogens is 285 g/mol. The third-order valence-electron chi connectivity index (χ3n) is 2.60. The van der Waals surface area contributed by atoms with Crippen LogP contribution in [0, 0.1) is 0 Å². The Balaban J connectivity index is 2.28. The van der Waals surface area contributed by atoms with Gasteiger partial charge in [0.05, 0.1) is 0 Å². The van der Waals surface area contributed by atoms with Crippen LogP contribution in [0.2, 0.25) is 0 Å². The molecule has 0 aliphatic carbocycles. The van der Waals surface area contributed by atoms with Crippen molar-refractivity contribution in [3.8, 4) is 5.75 Å². The van der Waals surface area contributed by atoms with Crippen molar-refractivity contribution in [1.82, 2.24) is 4.98 Å². The van der Waals surface area contributed by atoms with Crippen molar-refractivity contribution in [3.05, 3.63) is 22.8 Å². The van der Waals surface area contributed by atoms with Crippen LogP contribution in [0.3, 0.4) is 0 Å². The SMILES string of the molecule is COc1ccc2nc[se]c2c1CCCC(=O)O. The van der Waals surface area contributed by atoms with Crippen LogP contribution >= 0.6 is 0 Å². The molecule has 0 fully saturated rings. The third-order valence-corrected chi connectivity index (χ3v) is 4.49. The molecule has 2 aromatic rings. The monoisotopic (exact) mass is 299 g/mol. The second kappa shape index (κ2) is 5.34. The summed E-state index contributed by atoms with van der Waals surface area (Å²) in [6.07, 6.45) is 1.57. The summed E-state index contributed by atoms with van der Waals surface area (Å²) in [5.74, 6) is 0.0971. The van der Waals surface area contributed by atoms with E-state index in [4.69, 9.17) is 9.84 Å². The molecule has 0 bridgehead atoms. The number of carboxylic acids is 1. The van der Waals surface area contributed by atoms with Crippen molar-refractivity contribution in [2.45, 2.75) is 19.3 Å². The second-order valence-electron chi connectivity index (χ2n) is 3.69. The molecule has 1 aromatic carbocycles. The van der Waals surface area contributed by atoms with Crippen LogP contribution in [0.15, 0.2) is 17.2 Å². The zero-order valence-corrected chi connectivity index (χ0v) is 11.2. The number of ether oxygens (including phenoxy) is 1. The molecule has 0 spiro atoms. The van der Waals surface area contributed by atoms with Gasteiger partial charge in [0.25, 0.3) is 0 Å². The van der Waals surface area contributed by atoms with Gasteiger partial charge < -0.3 is 0 Å². The fourth-order valence-electron chi connectivity index (χ4n) is 1.81. The number of aromatic nitrogens is 1. The molecule has 1 N–H and O–H groups in total. The van der Waals surface area contributed by atoms with Gasteiger partial charge in [0.15, 0.2) is 0 Å². The van der Waals surface area contributed by atoms with E-state index in [9.17, 15) is 4.79 Å². The molecule has 0 saturated heterocycles. The molecule has 1 heterocycles. The summed E-state index contributed by atoms with van der Waals surface area (Å²) in [5, 5.41) is 10.6. The van der Waals surface area contributed by atoms with Crippen LogP contribution in [-0.2, 0) is 11.2 Å². The van der Waals surface area contributed by atoms with E-state index in [1.807, 2.05) is 17.2 Å². The normalized spacial score (nSPS) is 10.6. The molecule has 90 valence electrons. The molecule has 1 aromatic heterocycles. The van der Waals surface area contributed by atoms with Gasteiger partial charge in [0.1, 0.15) is 0 Å². The van der Waals surface area contributed by atoms with Gasteiger partial charge in [-0.2, -0.15) is 0 Å². The summed E-state index contributed by atoms with van der Waals surface area (Å²) < 4.78 is 6.57. The van der Waals surface area contributed by atoms with Crippen LogP contribution in [0.4, 0.5) is 0 Å². The molecule has 0 saturated carbocycles. The number of hydrogen-bond donors (Lipinski definition) is 1. The molecule has 0 amide bonds. The Hall–Kier alpha value is -1.32. The Morgan fingerprint density at radius 1 is 1.53 bits per heavy atom. The number of carboxylic acid groups (broad SMARTS) is 1. The van der Waals surface area contributed by atoms with Crippen LogP contribution in [0.5, 0.6) is 5.75 Å². The molecule has 2 rings (SSSR count). The molecule has 0 aliphatic rings. The van der Waals surface area contributed by atoms with Gasteiger partial charge in [-0.15, -0.1) is 0 Å². The minimum absolute atomic E-state index is 0.195. The van der Waals surface area contributed by atoms with Crippen LogP contribution in [0.25, 0.3) is 9.78 Å². The van der Waals surface area contributed by atoms with Crippen molar-refractivity contribution in [1.29, 1.82) is 0 Å². The van der Waals surface area contributed by atoms with Crippen molar-refractivity contribution in [3.63, 3.8) is 0 Å².